The van der Waals surface area contributed by atoms with E-state index in [2.05, 4.69) is 190 Å². The summed E-state index contributed by atoms with van der Waals surface area (Å²) in [7, 11) is 0. The molecule has 4 aliphatic carbocycles. The zero-order valence-electron chi connectivity index (χ0n) is 38.2. The van der Waals surface area contributed by atoms with E-state index >= 15 is 0 Å². The Labute approximate surface area is 356 Å². The van der Waals surface area contributed by atoms with Gasteiger partial charge in [0.05, 0.1) is 0 Å². The van der Waals surface area contributed by atoms with Crippen LogP contribution >= 0.6 is 0 Å². The molecule has 0 spiro atoms. The van der Waals surface area contributed by atoms with Crippen molar-refractivity contribution in [3.05, 3.63) is 125 Å². The third-order valence-electron chi connectivity index (χ3n) is 15.4. The molecule has 4 fully saturated rings. The maximum atomic E-state index is 2.72. The lowest BCUT2D eigenvalue weighted by molar-refractivity contribution is -0.00514. The highest BCUT2D eigenvalue weighted by atomic mass is 15.2. The summed E-state index contributed by atoms with van der Waals surface area (Å²) in [6.45, 7) is 28.3. The number of hydrogen-bond acceptors (Lipinski definition) is 2. The van der Waals surface area contributed by atoms with Gasteiger partial charge in [0.2, 0.25) is 0 Å². The van der Waals surface area contributed by atoms with Crippen molar-refractivity contribution < 1.29 is 0 Å². The molecule has 0 atom stereocenters. The fourth-order valence-corrected chi connectivity index (χ4v) is 12.5. The molecule has 0 radical (unpaired) electrons. The topological polar surface area (TPSA) is 6.48 Å². The fraction of sp³-hybridized carbons (Fsp3) is 0.464. The molecule has 2 aliphatic heterocycles. The first kappa shape index (κ1) is 38.9. The first-order chi connectivity index (χ1) is 27.7. The van der Waals surface area contributed by atoms with Crippen molar-refractivity contribution >= 4 is 57.2 Å². The second kappa shape index (κ2) is 12.9. The highest BCUT2D eigenvalue weighted by Crippen LogP contribution is 2.62. The molecule has 11 rings (SSSR count). The van der Waals surface area contributed by atoms with E-state index in [0.717, 1.165) is 17.8 Å². The van der Waals surface area contributed by atoms with E-state index in [0.29, 0.717) is 0 Å². The quantitative estimate of drug-likeness (QED) is 0.165. The van der Waals surface area contributed by atoms with E-state index in [4.69, 9.17) is 0 Å². The Bertz CT molecular complexity index is 2280. The Morgan fingerprint density at radius 1 is 0.424 bits per heavy atom. The summed E-state index contributed by atoms with van der Waals surface area (Å²) in [5.74, 6) is 2.62. The van der Waals surface area contributed by atoms with Gasteiger partial charge in [0.1, 0.15) is 0 Å². The van der Waals surface area contributed by atoms with Crippen LogP contribution in [-0.4, -0.2) is 6.71 Å². The molecule has 304 valence electrons. The van der Waals surface area contributed by atoms with Gasteiger partial charge >= 0.3 is 0 Å². The Hall–Kier alpha value is -4.24. The Morgan fingerprint density at radius 2 is 0.763 bits per heavy atom. The summed E-state index contributed by atoms with van der Waals surface area (Å²) in [5, 5.41) is 0. The summed E-state index contributed by atoms with van der Waals surface area (Å²) >= 11 is 0. The molecule has 0 N–H and O–H groups in total. The van der Waals surface area contributed by atoms with Crippen LogP contribution in [0.2, 0.25) is 0 Å². The second-order valence-electron chi connectivity index (χ2n) is 23.9. The van der Waals surface area contributed by atoms with Crippen LogP contribution < -0.4 is 26.2 Å². The molecule has 4 saturated carbocycles. The molecule has 0 amide bonds. The van der Waals surface area contributed by atoms with E-state index in [1.807, 2.05) is 0 Å². The Morgan fingerprint density at radius 3 is 1.10 bits per heavy atom. The molecule has 4 bridgehead atoms. The zero-order valence-corrected chi connectivity index (χ0v) is 38.2. The van der Waals surface area contributed by atoms with Crippen LogP contribution in [0.15, 0.2) is 97.1 Å². The van der Waals surface area contributed by atoms with E-state index < -0.39 is 0 Å². The lowest BCUT2D eigenvalue weighted by Gasteiger charge is -2.57. The summed E-state index contributed by atoms with van der Waals surface area (Å²) < 4.78 is 0. The normalized spacial score (nSPS) is 23.3. The largest absolute Gasteiger partial charge is 0.311 e. The minimum atomic E-state index is 0.0191. The van der Waals surface area contributed by atoms with Crippen molar-refractivity contribution in [1.29, 1.82) is 0 Å². The lowest BCUT2D eigenvalue weighted by Crippen LogP contribution is -2.62. The maximum absolute atomic E-state index is 2.72. The molecule has 5 aromatic carbocycles. The maximum Gasteiger partial charge on any atom is 0.252 e. The van der Waals surface area contributed by atoms with Gasteiger partial charge in [-0.1, -0.05) is 132 Å². The Balaban J connectivity index is 1.30. The van der Waals surface area contributed by atoms with Crippen molar-refractivity contribution in [3.8, 4) is 0 Å². The first-order valence-electron chi connectivity index (χ1n) is 23.0. The van der Waals surface area contributed by atoms with Crippen molar-refractivity contribution in [2.45, 2.75) is 149 Å². The summed E-state index contributed by atoms with van der Waals surface area (Å²) in [6, 6.07) is 39.5. The molecule has 59 heavy (non-hydrogen) atoms. The van der Waals surface area contributed by atoms with Gasteiger partial charge < -0.3 is 9.80 Å². The van der Waals surface area contributed by atoms with Crippen LogP contribution in [-0.2, 0) is 27.1 Å². The van der Waals surface area contributed by atoms with Gasteiger partial charge in [-0.05, 0) is 176 Å². The van der Waals surface area contributed by atoms with Crippen LogP contribution in [0.5, 0.6) is 0 Å². The lowest BCUT2D eigenvalue weighted by atomic mass is 9.33. The Kier molecular flexibility index (Phi) is 8.51. The first-order valence-corrected chi connectivity index (χ1v) is 23.0. The summed E-state index contributed by atoms with van der Waals surface area (Å²) in [5.41, 5.74) is 19.8. The van der Waals surface area contributed by atoms with Crippen molar-refractivity contribution in [2.75, 3.05) is 9.80 Å². The number of hydrogen-bond donors (Lipinski definition) is 0. The van der Waals surface area contributed by atoms with E-state index in [-0.39, 0.29) is 33.8 Å². The third kappa shape index (κ3) is 6.34. The molecule has 2 nitrogen and oxygen atoms in total. The smallest absolute Gasteiger partial charge is 0.252 e. The zero-order chi connectivity index (χ0) is 41.6. The minimum Gasteiger partial charge on any atom is -0.311 e. The van der Waals surface area contributed by atoms with E-state index in [1.54, 1.807) is 5.56 Å². The summed E-state index contributed by atoms with van der Waals surface area (Å²) in [6.07, 6.45) is 8.38. The average molecular weight is 779 g/mol. The van der Waals surface area contributed by atoms with Gasteiger partial charge in [-0.3, -0.25) is 0 Å². The van der Waals surface area contributed by atoms with Crippen LogP contribution in [0, 0.1) is 17.8 Å². The van der Waals surface area contributed by atoms with Crippen molar-refractivity contribution in [3.63, 3.8) is 0 Å². The molecule has 5 aromatic rings. The number of anilines is 6. The fourth-order valence-electron chi connectivity index (χ4n) is 12.5. The molecule has 0 saturated heterocycles. The monoisotopic (exact) mass is 779 g/mol. The van der Waals surface area contributed by atoms with E-state index in [1.165, 1.54) is 111 Å². The van der Waals surface area contributed by atoms with Gasteiger partial charge in [-0.25, -0.2) is 0 Å². The van der Waals surface area contributed by atoms with E-state index in [9.17, 15) is 0 Å². The molecular formula is C56H67BN2. The standard InChI is InChI=1S/C56H67BN2/c1-52(2,3)38-13-19-43(20-14-38)58-47-23-17-40(54(7,8)9)28-45(47)57-46-29-41(55(10,11)12)18-24-48(46)59(44-21-15-39(16-22-44)53(4,5)6)50-31-42(30-49(58)51(50)57)56-32-35-25-36(33-56)27-37(26-35)34-56/h13-24,28-31,35-37H,25-27,32-34H2,1-12H3. The van der Waals surface area contributed by atoms with Gasteiger partial charge in [0.15, 0.2) is 0 Å². The molecule has 2 heterocycles. The predicted octanol–water partition coefficient (Wildman–Crippen LogP) is 13.4. The second-order valence-corrected chi connectivity index (χ2v) is 23.9. The SMILES string of the molecule is CC(C)(C)c1ccc(N2c3ccc(C(C)(C)C)cc3B3c4cc(C(C)(C)C)ccc4N(c4ccc(C(C)(C)C)cc4)c4cc(C56CC7CC(CC(C7)C5)C6)cc2c43)cc1. The van der Waals surface area contributed by atoms with Gasteiger partial charge in [0.25, 0.3) is 6.71 Å². The van der Waals surface area contributed by atoms with Crippen LogP contribution in [0.4, 0.5) is 34.1 Å². The summed E-state index contributed by atoms with van der Waals surface area (Å²) in [4.78, 5) is 5.35. The number of rotatable bonds is 3. The number of nitrogens with zero attached hydrogens (tertiary/aromatic N) is 2. The van der Waals surface area contributed by atoms with Gasteiger partial charge in [-0.2, -0.15) is 0 Å². The minimum absolute atomic E-state index is 0.0191. The predicted molar refractivity (Wildman–Crippen MR) is 255 cm³/mol. The molecule has 6 aliphatic rings. The van der Waals surface area contributed by atoms with Gasteiger partial charge in [0, 0.05) is 34.1 Å². The number of benzene rings is 5. The van der Waals surface area contributed by atoms with Crippen molar-refractivity contribution in [2.24, 2.45) is 17.8 Å². The third-order valence-corrected chi connectivity index (χ3v) is 15.4. The molecule has 0 unspecified atom stereocenters. The molecular weight excluding hydrogens is 711 g/mol. The van der Waals surface area contributed by atoms with Crippen LogP contribution in [0.1, 0.15) is 149 Å². The molecule has 3 heteroatoms. The highest BCUT2D eigenvalue weighted by Gasteiger charge is 2.53. The number of fused-ring (bicyclic) bond motifs is 4. The van der Waals surface area contributed by atoms with Crippen LogP contribution in [0.3, 0.4) is 0 Å². The molecule has 0 aromatic heterocycles. The van der Waals surface area contributed by atoms with Crippen LogP contribution in [0.25, 0.3) is 0 Å². The highest BCUT2D eigenvalue weighted by molar-refractivity contribution is 7.00. The van der Waals surface area contributed by atoms with Crippen molar-refractivity contribution in [1.82, 2.24) is 0 Å². The van der Waals surface area contributed by atoms with Gasteiger partial charge in [-0.15, -0.1) is 0 Å². The average Bonchev–Trinajstić information content (AvgIpc) is 3.15.